The maximum absolute atomic E-state index is 13.1. The molecule has 1 aliphatic carbocycles. The highest BCUT2D eigenvalue weighted by Gasteiger charge is 2.29. The van der Waals surface area contributed by atoms with Crippen molar-refractivity contribution in [3.8, 4) is 10.6 Å². The summed E-state index contributed by atoms with van der Waals surface area (Å²) in [7, 11) is 0. The van der Waals surface area contributed by atoms with Gasteiger partial charge < -0.3 is 5.73 Å². The van der Waals surface area contributed by atoms with Crippen LogP contribution in [0.2, 0.25) is 0 Å². The minimum absolute atomic E-state index is 0.200. The monoisotopic (exact) mass is 262 g/mol. The number of nitrogens with zero attached hydrogens (tertiary/aromatic N) is 1. The van der Waals surface area contributed by atoms with Crippen LogP contribution in [-0.2, 0) is 6.54 Å². The zero-order valence-corrected chi connectivity index (χ0v) is 11.1. The topological polar surface area (TPSA) is 38.9 Å². The molecular formula is C14H15FN2S. The minimum Gasteiger partial charge on any atom is -0.326 e. The third-order valence-corrected chi connectivity index (χ3v) is 4.42. The molecule has 0 spiro atoms. The van der Waals surface area contributed by atoms with Crippen LogP contribution in [-0.4, -0.2) is 4.98 Å². The van der Waals surface area contributed by atoms with Crippen LogP contribution >= 0.6 is 11.3 Å². The molecule has 0 unspecified atom stereocenters. The van der Waals surface area contributed by atoms with Crippen LogP contribution in [0.3, 0.4) is 0 Å². The highest BCUT2D eigenvalue weighted by molar-refractivity contribution is 7.15. The van der Waals surface area contributed by atoms with Crippen LogP contribution in [0.25, 0.3) is 10.6 Å². The number of hydrogen-bond acceptors (Lipinski definition) is 3. The SMILES string of the molecule is Cc1cc(F)ccc1-c1nc(C2CC2)c(CN)s1. The average Bonchev–Trinajstić information content (AvgIpc) is 3.10. The van der Waals surface area contributed by atoms with Gasteiger partial charge in [0.1, 0.15) is 10.8 Å². The number of aromatic nitrogens is 1. The van der Waals surface area contributed by atoms with E-state index < -0.39 is 0 Å². The normalized spacial score (nSPS) is 15.1. The fourth-order valence-electron chi connectivity index (χ4n) is 2.17. The average molecular weight is 262 g/mol. The summed E-state index contributed by atoms with van der Waals surface area (Å²) in [6, 6.07) is 4.85. The van der Waals surface area contributed by atoms with E-state index in [4.69, 9.17) is 10.7 Å². The molecule has 0 atom stereocenters. The first-order chi connectivity index (χ1) is 8.69. The number of halogens is 1. The molecule has 0 amide bonds. The number of thiazole rings is 1. The minimum atomic E-state index is -0.200. The number of rotatable bonds is 3. The summed E-state index contributed by atoms with van der Waals surface area (Å²) in [5.74, 6) is 0.406. The summed E-state index contributed by atoms with van der Waals surface area (Å²) in [6.07, 6.45) is 2.44. The zero-order chi connectivity index (χ0) is 12.7. The molecule has 1 heterocycles. The van der Waals surface area contributed by atoms with Gasteiger partial charge in [-0.2, -0.15) is 0 Å². The van der Waals surface area contributed by atoms with Crippen LogP contribution < -0.4 is 5.73 Å². The molecule has 0 radical (unpaired) electrons. The summed E-state index contributed by atoms with van der Waals surface area (Å²) in [4.78, 5) is 5.90. The third kappa shape index (κ3) is 2.06. The molecular weight excluding hydrogens is 247 g/mol. The molecule has 2 nitrogen and oxygen atoms in total. The number of nitrogens with two attached hydrogens (primary N) is 1. The summed E-state index contributed by atoms with van der Waals surface area (Å²) in [5.41, 5.74) is 8.89. The second-order valence-electron chi connectivity index (χ2n) is 4.77. The smallest absolute Gasteiger partial charge is 0.124 e. The van der Waals surface area contributed by atoms with Crippen molar-refractivity contribution in [1.82, 2.24) is 4.98 Å². The molecule has 2 N–H and O–H groups in total. The highest BCUT2D eigenvalue weighted by atomic mass is 32.1. The first kappa shape index (κ1) is 11.8. The van der Waals surface area contributed by atoms with Crippen molar-refractivity contribution in [2.45, 2.75) is 32.2 Å². The molecule has 3 rings (SSSR count). The van der Waals surface area contributed by atoms with Crippen molar-refractivity contribution in [1.29, 1.82) is 0 Å². The lowest BCUT2D eigenvalue weighted by atomic mass is 10.1. The Balaban J connectivity index is 2.05. The van der Waals surface area contributed by atoms with E-state index in [9.17, 15) is 4.39 Å². The second kappa shape index (κ2) is 4.44. The van der Waals surface area contributed by atoms with Crippen LogP contribution in [0.15, 0.2) is 18.2 Å². The molecule has 94 valence electrons. The quantitative estimate of drug-likeness (QED) is 0.918. The van der Waals surface area contributed by atoms with E-state index in [1.54, 1.807) is 23.5 Å². The molecule has 0 aliphatic heterocycles. The summed E-state index contributed by atoms with van der Waals surface area (Å²) in [5, 5.41) is 0.967. The van der Waals surface area contributed by atoms with Gasteiger partial charge in [0.15, 0.2) is 0 Å². The number of hydrogen-bond donors (Lipinski definition) is 1. The predicted molar refractivity (Wildman–Crippen MR) is 72.1 cm³/mol. The lowest BCUT2D eigenvalue weighted by molar-refractivity contribution is 0.627. The van der Waals surface area contributed by atoms with E-state index in [0.29, 0.717) is 12.5 Å². The van der Waals surface area contributed by atoms with Gasteiger partial charge in [-0.3, -0.25) is 0 Å². The van der Waals surface area contributed by atoms with E-state index in [0.717, 1.165) is 16.1 Å². The van der Waals surface area contributed by atoms with Crippen molar-refractivity contribution in [2.24, 2.45) is 5.73 Å². The van der Waals surface area contributed by atoms with Gasteiger partial charge in [-0.05, 0) is 43.5 Å². The van der Waals surface area contributed by atoms with Crippen molar-refractivity contribution >= 4 is 11.3 Å². The van der Waals surface area contributed by atoms with Crippen molar-refractivity contribution in [3.05, 3.63) is 40.2 Å². The molecule has 1 fully saturated rings. The first-order valence-corrected chi connectivity index (χ1v) is 6.97. The van der Waals surface area contributed by atoms with Gasteiger partial charge >= 0.3 is 0 Å². The third-order valence-electron chi connectivity index (χ3n) is 3.30. The molecule has 1 aliphatic rings. The van der Waals surface area contributed by atoms with Crippen LogP contribution in [0, 0.1) is 12.7 Å². The standard InChI is InChI=1S/C14H15FN2S/c1-8-6-10(15)4-5-11(8)14-17-13(9-2-3-9)12(7-16)18-14/h4-6,9H,2-3,7,16H2,1H3. The van der Waals surface area contributed by atoms with Crippen LogP contribution in [0.1, 0.15) is 34.9 Å². The molecule has 1 aromatic heterocycles. The maximum Gasteiger partial charge on any atom is 0.124 e. The Hall–Kier alpha value is -1.26. The molecule has 0 bridgehead atoms. The molecule has 0 saturated heterocycles. The lowest BCUT2D eigenvalue weighted by Gasteiger charge is -2.01. The van der Waals surface area contributed by atoms with Gasteiger partial charge in [-0.15, -0.1) is 11.3 Å². The summed E-state index contributed by atoms with van der Waals surface area (Å²) >= 11 is 1.64. The molecule has 1 saturated carbocycles. The van der Waals surface area contributed by atoms with Crippen LogP contribution in [0.4, 0.5) is 4.39 Å². The van der Waals surface area contributed by atoms with E-state index in [1.165, 1.54) is 29.5 Å². The van der Waals surface area contributed by atoms with Gasteiger partial charge in [0.25, 0.3) is 0 Å². The van der Waals surface area contributed by atoms with Crippen LogP contribution in [0.5, 0.6) is 0 Å². The summed E-state index contributed by atoms with van der Waals surface area (Å²) < 4.78 is 13.1. The molecule has 1 aromatic carbocycles. The second-order valence-corrected chi connectivity index (χ2v) is 5.85. The fourth-order valence-corrected chi connectivity index (χ4v) is 3.28. The highest BCUT2D eigenvalue weighted by Crippen LogP contribution is 2.44. The van der Waals surface area contributed by atoms with Gasteiger partial charge in [-0.25, -0.2) is 9.37 Å². The Kier molecular flexibility index (Phi) is 2.92. The first-order valence-electron chi connectivity index (χ1n) is 6.15. The van der Waals surface area contributed by atoms with E-state index in [2.05, 4.69) is 0 Å². The largest absolute Gasteiger partial charge is 0.326 e. The lowest BCUT2D eigenvalue weighted by Crippen LogP contribution is -1.96. The van der Waals surface area contributed by atoms with E-state index in [1.807, 2.05) is 6.92 Å². The molecule has 2 aromatic rings. The van der Waals surface area contributed by atoms with Gasteiger partial charge in [0, 0.05) is 22.9 Å². The molecule has 4 heteroatoms. The Morgan fingerprint density at radius 1 is 1.44 bits per heavy atom. The van der Waals surface area contributed by atoms with Crippen molar-refractivity contribution < 1.29 is 4.39 Å². The van der Waals surface area contributed by atoms with E-state index >= 15 is 0 Å². The number of aryl methyl sites for hydroxylation is 1. The van der Waals surface area contributed by atoms with Crippen molar-refractivity contribution in [3.63, 3.8) is 0 Å². The van der Waals surface area contributed by atoms with Crippen molar-refractivity contribution in [2.75, 3.05) is 0 Å². The fraction of sp³-hybridized carbons (Fsp3) is 0.357. The Morgan fingerprint density at radius 3 is 2.83 bits per heavy atom. The molecule has 18 heavy (non-hydrogen) atoms. The Morgan fingerprint density at radius 2 is 2.22 bits per heavy atom. The maximum atomic E-state index is 13.1. The van der Waals surface area contributed by atoms with Gasteiger partial charge in [0.2, 0.25) is 0 Å². The Bertz CT molecular complexity index is 587. The Labute approximate surface area is 110 Å². The predicted octanol–water partition coefficient (Wildman–Crippen LogP) is 3.59. The van der Waals surface area contributed by atoms with Gasteiger partial charge in [-0.1, -0.05) is 0 Å². The number of benzene rings is 1. The zero-order valence-electron chi connectivity index (χ0n) is 10.2. The summed E-state index contributed by atoms with van der Waals surface area (Å²) in [6.45, 7) is 2.46. The van der Waals surface area contributed by atoms with E-state index in [-0.39, 0.29) is 5.82 Å². The van der Waals surface area contributed by atoms with Gasteiger partial charge in [0.05, 0.1) is 5.69 Å².